The summed E-state index contributed by atoms with van der Waals surface area (Å²) in [6, 6.07) is 11.0. The fourth-order valence-corrected chi connectivity index (χ4v) is 2.66. The Bertz CT molecular complexity index is 1120. The molecule has 0 radical (unpaired) electrons. The number of rotatable bonds is 13. The van der Waals surface area contributed by atoms with E-state index in [1.54, 1.807) is 0 Å². The molecule has 0 aromatic heterocycles. The van der Waals surface area contributed by atoms with E-state index < -0.39 is 47.8 Å². The second kappa shape index (κ2) is 22.0. The normalized spacial score (nSPS) is 9.21. The van der Waals surface area contributed by atoms with Crippen LogP contribution in [0.15, 0.2) is 48.5 Å². The Morgan fingerprint density at radius 1 is 0.349 bits per heavy atom. The zero-order valence-corrected chi connectivity index (χ0v) is 22.4. The molecular formula is C27H30O16. The van der Waals surface area contributed by atoms with Crippen molar-refractivity contribution < 1.29 is 79.2 Å². The molecular weight excluding hydrogens is 580 g/mol. The van der Waals surface area contributed by atoms with E-state index in [4.69, 9.17) is 40.9 Å². The fraction of sp³-hybridized carbons (Fsp3) is 0.259. The van der Waals surface area contributed by atoms with Gasteiger partial charge in [-0.2, -0.15) is 0 Å². The first-order valence-corrected chi connectivity index (χ1v) is 12.0. The van der Waals surface area contributed by atoms with E-state index in [1.165, 1.54) is 48.5 Å². The van der Waals surface area contributed by atoms with Gasteiger partial charge in [0.05, 0.1) is 22.3 Å². The Hall–Kier alpha value is -5.80. The molecule has 0 atom stereocenters. The third kappa shape index (κ3) is 20.7. The maximum atomic E-state index is 10.5. The fourth-order valence-electron chi connectivity index (χ4n) is 2.66. The van der Waals surface area contributed by atoms with E-state index in [2.05, 4.69) is 0 Å². The van der Waals surface area contributed by atoms with Crippen molar-refractivity contribution in [3.8, 4) is 0 Å². The molecule has 234 valence electrons. The second-order valence-corrected chi connectivity index (χ2v) is 7.95. The van der Waals surface area contributed by atoms with Crippen molar-refractivity contribution in [3.05, 3.63) is 70.8 Å². The topological polar surface area (TPSA) is 298 Å². The SMILES string of the molecule is O=C(O)CCCC(=O)O.O=C(O)CCCCC(=O)O.O=C(O)c1ccccc1C(=O)O.O=C(O)c1ccccc1C(=O)O. The van der Waals surface area contributed by atoms with Crippen molar-refractivity contribution in [2.75, 3.05) is 0 Å². The average molecular weight is 611 g/mol. The summed E-state index contributed by atoms with van der Waals surface area (Å²) in [5.74, 6) is -8.55. The van der Waals surface area contributed by atoms with Crippen LogP contribution < -0.4 is 0 Å². The van der Waals surface area contributed by atoms with Crippen molar-refractivity contribution in [1.29, 1.82) is 0 Å². The Labute approximate surface area is 243 Å². The molecule has 0 unspecified atom stereocenters. The van der Waals surface area contributed by atoms with Gasteiger partial charge in [0, 0.05) is 25.7 Å². The Kier molecular flexibility index (Phi) is 20.1. The lowest BCUT2D eigenvalue weighted by molar-refractivity contribution is -0.139. The molecule has 2 aromatic carbocycles. The van der Waals surface area contributed by atoms with Crippen LogP contribution in [-0.4, -0.2) is 88.6 Å². The minimum atomic E-state index is -1.23. The van der Waals surface area contributed by atoms with E-state index in [0.717, 1.165) is 0 Å². The number of unbranched alkanes of at least 4 members (excludes halogenated alkanes) is 1. The van der Waals surface area contributed by atoms with Crippen molar-refractivity contribution >= 4 is 47.8 Å². The highest BCUT2D eigenvalue weighted by molar-refractivity contribution is 6.02. The Morgan fingerprint density at radius 2 is 0.535 bits per heavy atom. The number of carboxylic acid groups (broad SMARTS) is 8. The maximum Gasteiger partial charge on any atom is 0.336 e. The molecule has 0 bridgehead atoms. The number of carboxylic acids is 8. The molecule has 2 aromatic rings. The molecule has 0 aliphatic heterocycles. The summed E-state index contributed by atoms with van der Waals surface area (Å²) in [5, 5.41) is 66.5. The molecule has 0 aliphatic carbocycles. The van der Waals surface area contributed by atoms with Gasteiger partial charge in [-0.3, -0.25) is 19.2 Å². The summed E-state index contributed by atoms with van der Waals surface area (Å²) in [6.45, 7) is 0. The van der Waals surface area contributed by atoms with Crippen molar-refractivity contribution in [2.24, 2.45) is 0 Å². The predicted molar refractivity (Wildman–Crippen MR) is 144 cm³/mol. The van der Waals surface area contributed by atoms with E-state index in [1.807, 2.05) is 0 Å². The van der Waals surface area contributed by atoms with Crippen LogP contribution in [0.3, 0.4) is 0 Å². The van der Waals surface area contributed by atoms with Crippen LogP contribution in [0.25, 0.3) is 0 Å². The number of aliphatic carboxylic acids is 4. The Morgan fingerprint density at radius 3 is 0.698 bits per heavy atom. The molecule has 8 N–H and O–H groups in total. The summed E-state index contributed by atoms with van der Waals surface area (Å²) >= 11 is 0. The highest BCUT2D eigenvalue weighted by Gasteiger charge is 2.14. The summed E-state index contributed by atoms with van der Waals surface area (Å²) in [5.41, 5.74) is -0.759. The lowest BCUT2D eigenvalue weighted by atomic mass is 10.1. The van der Waals surface area contributed by atoms with Crippen molar-refractivity contribution in [1.82, 2.24) is 0 Å². The van der Waals surface area contributed by atoms with Gasteiger partial charge < -0.3 is 40.9 Å². The lowest BCUT2D eigenvalue weighted by Crippen LogP contribution is -2.06. The molecule has 43 heavy (non-hydrogen) atoms. The summed E-state index contributed by atoms with van der Waals surface area (Å²) < 4.78 is 0. The molecule has 0 saturated heterocycles. The van der Waals surface area contributed by atoms with Gasteiger partial charge >= 0.3 is 47.8 Å². The van der Waals surface area contributed by atoms with Crippen LogP contribution in [0, 0.1) is 0 Å². The zero-order valence-electron chi connectivity index (χ0n) is 22.4. The van der Waals surface area contributed by atoms with Gasteiger partial charge in [0.1, 0.15) is 0 Å². The van der Waals surface area contributed by atoms with Crippen LogP contribution in [0.1, 0.15) is 86.4 Å². The number of carbonyl (C=O) groups is 8. The van der Waals surface area contributed by atoms with E-state index in [9.17, 15) is 38.4 Å². The predicted octanol–water partition coefficient (Wildman–Crippen LogP) is 3.21. The van der Waals surface area contributed by atoms with Crippen LogP contribution in [0.4, 0.5) is 0 Å². The van der Waals surface area contributed by atoms with Gasteiger partial charge in [-0.05, 0) is 43.5 Å². The van der Waals surface area contributed by atoms with Crippen molar-refractivity contribution in [2.45, 2.75) is 44.9 Å². The summed E-state index contributed by atoms with van der Waals surface area (Å²) in [4.78, 5) is 81.2. The maximum absolute atomic E-state index is 10.5. The van der Waals surface area contributed by atoms with E-state index in [0.29, 0.717) is 12.8 Å². The minimum absolute atomic E-state index is 0.0628. The largest absolute Gasteiger partial charge is 0.481 e. The third-order valence-electron chi connectivity index (χ3n) is 4.59. The molecule has 0 spiro atoms. The molecule has 0 amide bonds. The summed E-state index contributed by atoms with van der Waals surface area (Å²) in [7, 11) is 0. The van der Waals surface area contributed by atoms with Gasteiger partial charge in [0.2, 0.25) is 0 Å². The molecule has 0 fully saturated rings. The first-order valence-electron chi connectivity index (χ1n) is 12.0. The van der Waals surface area contributed by atoms with Gasteiger partial charge in [0.25, 0.3) is 0 Å². The number of hydrogen-bond donors (Lipinski definition) is 8. The van der Waals surface area contributed by atoms with Gasteiger partial charge in [-0.15, -0.1) is 0 Å². The standard InChI is InChI=1S/2C8H6O4.C6H10O4.C5H8O4/c2*9-7(10)5-3-1-2-4-6(5)8(11)12;7-5(8)3-1-2-4-6(9)10;6-4(7)2-1-3-5(8)9/h2*1-4H,(H,9,10)(H,11,12);1-4H2,(H,7,8)(H,9,10);1-3H2,(H,6,7)(H,8,9). The summed E-state index contributed by atoms with van der Waals surface area (Å²) in [6.07, 6.45) is 1.10. The van der Waals surface area contributed by atoms with E-state index >= 15 is 0 Å². The molecule has 0 heterocycles. The second-order valence-electron chi connectivity index (χ2n) is 7.95. The number of aromatic carboxylic acids is 4. The molecule has 16 heteroatoms. The van der Waals surface area contributed by atoms with Crippen LogP contribution in [-0.2, 0) is 19.2 Å². The quantitative estimate of drug-likeness (QED) is 0.151. The van der Waals surface area contributed by atoms with Crippen LogP contribution in [0.5, 0.6) is 0 Å². The molecule has 0 aliphatic rings. The first kappa shape index (κ1) is 39.3. The van der Waals surface area contributed by atoms with Gasteiger partial charge in [-0.25, -0.2) is 19.2 Å². The van der Waals surface area contributed by atoms with Crippen LogP contribution in [0.2, 0.25) is 0 Å². The highest BCUT2D eigenvalue weighted by Crippen LogP contribution is 2.09. The average Bonchev–Trinajstić information content (AvgIpc) is 2.91. The number of benzene rings is 2. The number of hydrogen-bond acceptors (Lipinski definition) is 8. The first-order chi connectivity index (χ1) is 20.0. The molecule has 0 saturated carbocycles. The zero-order chi connectivity index (χ0) is 33.5. The van der Waals surface area contributed by atoms with Gasteiger partial charge in [0.15, 0.2) is 0 Å². The molecule has 2 rings (SSSR count). The van der Waals surface area contributed by atoms with Crippen LogP contribution >= 0.6 is 0 Å². The van der Waals surface area contributed by atoms with E-state index in [-0.39, 0.29) is 54.4 Å². The monoisotopic (exact) mass is 610 g/mol. The third-order valence-corrected chi connectivity index (χ3v) is 4.59. The minimum Gasteiger partial charge on any atom is -0.481 e. The molecule has 16 nitrogen and oxygen atoms in total. The highest BCUT2D eigenvalue weighted by atomic mass is 16.4. The smallest absolute Gasteiger partial charge is 0.336 e. The lowest BCUT2D eigenvalue weighted by Gasteiger charge is -1.98. The van der Waals surface area contributed by atoms with Crippen molar-refractivity contribution in [3.63, 3.8) is 0 Å². The Balaban J connectivity index is 0. The van der Waals surface area contributed by atoms with Gasteiger partial charge in [-0.1, -0.05) is 24.3 Å².